The number of carbonyl (C=O) groups is 1. The summed E-state index contributed by atoms with van der Waals surface area (Å²) in [6, 6.07) is 10.1. The molecule has 0 radical (unpaired) electrons. The fraction of sp³-hybridized carbons (Fsp3) is 0.381. The maximum atomic E-state index is 13.2. The number of likely N-dealkylation sites (tertiary alicyclic amines) is 1. The lowest BCUT2D eigenvalue weighted by atomic mass is 9.85. The van der Waals surface area contributed by atoms with Gasteiger partial charge in [-0.15, -0.1) is 0 Å². The number of ether oxygens (including phenoxy) is 1. The molecule has 0 aliphatic carbocycles. The Morgan fingerprint density at radius 1 is 1.21 bits per heavy atom. The molecule has 0 bridgehead atoms. The highest BCUT2D eigenvalue weighted by atomic mass is 35.5. The van der Waals surface area contributed by atoms with Crippen molar-refractivity contribution in [1.82, 2.24) is 4.90 Å². The molecule has 1 N–H and O–H groups in total. The number of aliphatic hydroxyl groups is 1. The van der Waals surface area contributed by atoms with Gasteiger partial charge >= 0.3 is 0 Å². The summed E-state index contributed by atoms with van der Waals surface area (Å²) < 4.78 is 32.3. The van der Waals surface area contributed by atoms with Crippen LogP contribution in [0.1, 0.15) is 38.3 Å². The van der Waals surface area contributed by atoms with Crippen LogP contribution in [0.3, 0.4) is 0 Å². The van der Waals surface area contributed by atoms with Crippen LogP contribution in [-0.4, -0.2) is 42.6 Å². The zero-order valence-corrected chi connectivity index (χ0v) is 17.7. The van der Waals surface area contributed by atoms with Crippen LogP contribution < -0.4 is 4.74 Å². The Kier molecular flexibility index (Phi) is 4.88. The summed E-state index contributed by atoms with van der Waals surface area (Å²) in [7, 11) is -3.88. The average molecular weight is 436 g/mol. The third-order valence-electron chi connectivity index (χ3n) is 5.57. The maximum absolute atomic E-state index is 13.2. The van der Waals surface area contributed by atoms with Crippen LogP contribution in [0, 0.1) is 0 Å². The number of fused-ring (bicyclic) bond motifs is 1. The molecule has 154 valence electrons. The van der Waals surface area contributed by atoms with E-state index in [9.17, 15) is 18.3 Å². The molecule has 8 heteroatoms. The topological polar surface area (TPSA) is 83.9 Å². The summed E-state index contributed by atoms with van der Waals surface area (Å²) in [6.07, 6.45) is 0.114. The van der Waals surface area contributed by atoms with Crippen molar-refractivity contribution in [2.75, 3.05) is 6.54 Å². The number of rotatable bonds is 3. The minimum Gasteiger partial charge on any atom is -0.485 e. The highest BCUT2D eigenvalue weighted by Crippen LogP contribution is 2.45. The molecule has 2 aliphatic rings. The van der Waals surface area contributed by atoms with E-state index in [1.54, 1.807) is 36.9 Å². The standard InChI is InChI=1S/C21H22ClNO5S/c1-21(2)20(25)19(23-11-5-8-18(23)24)14-12-13(9-10-16(14)28-21)29(26,27)17-7-4-3-6-15(17)22/h3-4,6-7,9-10,12,19-20,25H,5,8,11H2,1-2H3/t19-,20+/m0/s1. The molecule has 0 spiro atoms. The van der Waals surface area contributed by atoms with E-state index in [-0.39, 0.29) is 20.7 Å². The smallest absolute Gasteiger partial charge is 0.223 e. The van der Waals surface area contributed by atoms with Crippen LogP contribution in [0.5, 0.6) is 5.75 Å². The predicted octanol–water partition coefficient (Wildman–Crippen LogP) is 3.37. The van der Waals surface area contributed by atoms with Crippen molar-refractivity contribution in [3.05, 3.63) is 53.1 Å². The average Bonchev–Trinajstić information content (AvgIpc) is 3.08. The van der Waals surface area contributed by atoms with E-state index in [1.165, 1.54) is 24.3 Å². The lowest BCUT2D eigenvalue weighted by molar-refractivity contribution is -0.139. The van der Waals surface area contributed by atoms with Gasteiger partial charge in [-0.25, -0.2) is 8.42 Å². The first-order chi connectivity index (χ1) is 13.6. The van der Waals surface area contributed by atoms with Crippen molar-refractivity contribution < 1.29 is 23.1 Å². The van der Waals surface area contributed by atoms with E-state index in [0.29, 0.717) is 30.7 Å². The highest BCUT2D eigenvalue weighted by molar-refractivity contribution is 7.91. The number of carbonyl (C=O) groups excluding carboxylic acids is 1. The van der Waals surface area contributed by atoms with Crippen LogP contribution in [-0.2, 0) is 14.6 Å². The van der Waals surface area contributed by atoms with Crippen molar-refractivity contribution in [3.8, 4) is 5.75 Å². The Hall–Kier alpha value is -2.09. The van der Waals surface area contributed by atoms with Gasteiger partial charge in [-0.05, 0) is 50.6 Å². The fourth-order valence-electron chi connectivity index (χ4n) is 4.00. The van der Waals surface area contributed by atoms with Gasteiger partial charge in [-0.3, -0.25) is 4.79 Å². The zero-order valence-electron chi connectivity index (χ0n) is 16.1. The molecule has 2 aromatic carbocycles. The summed E-state index contributed by atoms with van der Waals surface area (Å²) in [6.45, 7) is 4.02. The van der Waals surface area contributed by atoms with Crippen LogP contribution >= 0.6 is 11.6 Å². The molecular weight excluding hydrogens is 414 g/mol. The van der Waals surface area contributed by atoms with Gasteiger partial charge in [0, 0.05) is 18.5 Å². The second-order valence-electron chi connectivity index (χ2n) is 7.92. The zero-order chi connectivity index (χ0) is 21.0. The summed E-state index contributed by atoms with van der Waals surface area (Å²) in [5, 5.41) is 11.1. The van der Waals surface area contributed by atoms with Crippen molar-refractivity contribution >= 4 is 27.3 Å². The van der Waals surface area contributed by atoms with Crippen molar-refractivity contribution in [3.63, 3.8) is 0 Å². The van der Waals surface area contributed by atoms with Crippen LogP contribution in [0.15, 0.2) is 52.3 Å². The number of nitrogens with zero attached hydrogens (tertiary/aromatic N) is 1. The third kappa shape index (κ3) is 3.31. The first-order valence-electron chi connectivity index (χ1n) is 9.43. The van der Waals surface area contributed by atoms with Gasteiger partial charge in [-0.1, -0.05) is 23.7 Å². The van der Waals surface area contributed by atoms with Gasteiger partial charge in [0.1, 0.15) is 17.5 Å². The molecule has 1 amide bonds. The van der Waals surface area contributed by atoms with Crippen molar-refractivity contribution in [1.29, 1.82) is 0 Å². The second kappa shape index (κ2) is 7.00. The number of hydrogen-bond acceptors (Lipinski definition) is 5. The molecule has 1 fully saturated rings. The number of amides is 1. The van der Waals surface area contributed by atoms with Gasteiger partial charge in [-0.2, -0.15) is 0 Å². The lowest BCUT2D eigenvalue weighted by Crippen LogP contribution is -2.53. The van der Waals surface area contributed by atoms with Crippen molar-refractivity contribution in [2.45, 2.75) is 54.2 Å². The van der Waals surface area contributed by atoms with E-state index < -0.39 is 27.6 Å². The number of benzene rings is 2. The Bertz CT molecular complexity index is 1080. The van der Waals surface area contributed by atoms with Crippen LogP contribution in [0.4, 0.5) is 0 Å². The molecule has 2 aliphatic heterocycles. The number of aliphatic hydroxyl groups excluding tert-OH is 1. The molecule has 6 nitrogen and oxygen atoms in total. The highest BCUT2D eigenvalue weighted by Gasteiger charge is 2.47. The van der Waals surface area contributed by atoms with Crippen LogP contribution in [0.2, 0.25) is 5.02 Å². The predicted molar refractivity (Wildman–Crippen MR) is 108 cm³/mol. The molecule has 4 rings (SSSR count). The third-order valence-corrected chi connectivity index (χ3v) is 7.82. The summed E-state index contributed by atoms with van der Waals surface area (Å²) >= 11 is 6.12. The van der Waals surface area contributed by atoms with E-state index >= 15 is 0 Å². The normalized spacial score (nSPS) is 23.6. The number of hydrogen-bond donors (Lipinski definition) is 1. The lowest BCUT2D eigenvalue weighted by Gasteiger charge is -2.45. The minimum absolute atomic E-state index is 0.00743. The fourth-order valence-corrected chi connectivity index (χ4v) is 5.81. The Morgan fingerprint density at radius 3 is 2.59 bits per heavy atom. The molecule has 1 saturated heterocycles. The Labute approximate surface area is 175 Å². The molecule has 0 aromatic heterocycles. The van der Waals surface area contributed by atoms with Gasteiger partial charge in [0.25, 0.3) is 0 Å². The monoisotopic (exact) mass is 435 g/mol. The van der Waals surface area contributed by atoms with Gasteiger partial charge in [0.2, 0.25) is 15.7 Å². The molecule has 0 unspecified atom stereocenters. The SMILES string of the molecule is CC1(C)Oc2ccc(S(=O)(=O)c3ccccc3Cl)cc2[C@H](N2CCCC2=O)[C@H]1O. The minimum atomic E-state index is -3.88. The molecule has 2 atom stereocenters. The Balaban J connectivity index is 1.86. The summed E-state index contributed by atoms with van der Waals surface area (Å²) in [4.78, 5) is 14.1. The van der Waals surface area contributed by atoms with Crippen LogP contribution in [0.25, 0.3) is 0 Å². The maximum Gasteiger partial charge on any atom is 0.223 e. The molecule has 2 heterocycles. The van der Waals surface area contributed by atoms with Gasteiger partial charge in [0.15, 0.2) is 0 Å². The van der Waals surface area contributed by atoms with Crippen molar-refractivity contribution in [2.24, 2.45) is 0 Å². The summed E-state index contributed by atoms with van der Waals surface area (Å²) in [5.74, 6) is 0.403. The summed E-state index contributed by atoms with van der Waals surface area (Å²) in [5.41, 5.74) is -0.441. The largest absolute Gasteiger partial charge is 0.485 e. The van der Waals surface area contributed by atoms with E-state index in [0.717, 1.165) is 0 Å². The first kappa shape index (κ1) is 20.2. The quantitative estimate of drug-likeness (QED) is 0.799. The number of halogens is 1. The van der Waals surface area contributed by atoms with E-state index in [2.05, 4.69) is 0 Å². The van der Waals surface area contributed by atoms with E-state index in [4.69, 9.17) is 16.3 Å². The van der Waals surface area contributed by atoms with Gasteiger partial charge in [0.05, 0.1) is 20.9 Å². The molecule has 0 saturated carbocycles. The Morgan fingerprint density at radius 2 is 1.93 bits per heavy atom. The number of sulfone groups is 1. The molecule has 2 aromatic rings. The molecule has 29 heavy (non-hydrogen) atoms. The van der Waals surface area contributed by atoms with Gasteiger partial charge < -0.3 is 14.7 Å². The van der Waals surface area contributed by atoms with E-state index in [1.807, 2.05) is 0 Å². The molecular formula is C21H22ClNO5S. The first-order valence-corrected chi connectivity index (χ1v) is 11.3. The second-order valence-corrected chi connectivity index (χ2v) is 10.2.